The van der Waals surface area contributed by atoms with Crippen molar-refractivity contribution in [1.29, 1.82) is 0 Å². The highest BCUT2D eigenvalue weighted by Gasteiger charge is 2.37. The molecular formula is C32H27N. The molecule has 0 saturated carbocycles. The largest absolute Gasteiger partial charge is 0.356 e. The van der Waals surface area contributed by atoms with Crippen molar-refractivity contribution < 1.29 is 0 Å². The molecule has 0 bridgehead atoms. The predicted molar refractivity (Wildman–Crippen MR) is 141 cm³/mol. The van der Waals surface area contributed by atoms with Crippen LogP contribution in [0.2, 0.25) is 0 Å². The third kappa shape index (κ3) is 3.15. The molecule has 0 spiro atoms. The fourth-order valence-corrected chi connectivity index (χ4v) is 5.32. The normalized spacial score (nSPS) is 13.5. The van der Waals surface area contributed by atoms with E-state index >= 15 is 0 Å². The average molecular weight is 426 g/mol. The first-order valence-corrected chi connectivity index (χ1v) is 11.6. The van der Waals surface area contributed by atoms with Gasteiger partial charge < -0.3 is 5.32 Å². The molecule has 1 aliphatic rings. The number of anilines is 2. The molecule has 0 aliphatic heterocycles. The number of nitrogens with one attached hydrogen (secondary N) is 1. The fourth-order valence-electron chi connectivity index (χ4n) is 5.32. The SMILES string of the molecule is Cc1ccc(Nc2ccc3c(c2)C(C)(C)c2cc(-c4ccccc4)c4ccccc4c2-3)cc1. The molecule has 0 radical (unpaired) electrons. The van der Waals surface area contributed by atoms with Crippen molar-refractivity contribution in [3.63, 3.8) is 0 Å². The summed E-state index contributed by atoms with van der Waals surface area (Å²) in [7, 11) is 0. The first-order valence-electron chi connectivity index (χ1n) is 11.6. The molecule has 5 aromatic rings. The zero-order chi connectivity index (χ0) is 22.6. The van der Waals surface area contributed by atoms with Gasteiger partial charge in [0.25, 0.3) is 0 Å². The van der Waals surface area contributed by atoms with E-state index in [1.807, 2.05) is 0 Å². The maximum absolute atomic E-state index is 3.60. The van der Waals surface area contributed by atoms with Crippen molar-refractivity contribution in [1.82, 2.24) is 0 Å². The van der Waals surface area contributed by atoms with Crippen molar-refractivity contribution in [3.05, 3.63) is 120 Å². The summed E-state index contributed by atoms with van der Waals surface area (Å²) >= 11 is 0. The molecule has 0 unspecified atom stereocenters. The minimum atomic E-state index is -0.0802. The van der Waals surface area contributed by atoms with Crippen LogP contribution in [0.25, 0.3) is 33.0 Å². The monoisotopic (exact) mass is 425 g/mol. The first kappa shape index (κ1) is 19.8. The lowest BCUT2D eigenvalue weighted by molar-refractivity contribution is 0.661. The van der Waals surface area contributed by atoms with Crippen molar-refractivity contribution in [2.24, 2.45) is 0 Å². The Morgan fingerprint density at radius 2 is 1.24 bits per heavy atom. The molecule has 0 atom stereocenters. The zero-order valence-electron chi connectivity index (χ0n) is 19.3. The van der Waals surface area contributed by atoms with Crippen LogP contribution in [-0.4, -0.2) is 0 Å². The summed E-state index contributed by atoms with van der Waals surface area (Å²) in [6.45, 7) is 6.83. The van der Waals surface area contributed by atoms with Crippen LogP contribution >= 0.6 is 0 Å². The van der Waals surface area contributed by atoms with Crippen LogP contribution in [0.3, 0.4) is 0 Å². The molecule has 1 aliphatic carbocycles. The van der Waals surface area contributed by atoms with Gasteiger partial charge in [0.1, 0.15) is 0 Å². The first-order chi connectivity index (χ1) is 16.0. The second-order valence-electron chi connectivity index (χ2n) is 9.63. The van der Waals surface area contributed by atoms with Gasteiger partial charge in [-0.15, -0.1) is 0 Å². The lowest BCUT2D eigenvalue weighted by Gasteiger charge is -2.23. The molecule has 0 heterocycles. The predicted octanol–water partition coefficient (Wildman–Crippen LogP) is 8.87. The Kier molecular flexibility index (Phi) is 4.41. The second kappa shape index (κ2) is 7.35. The van der Waals surface area contributed by atoms with Crippen molar-refractivity contribution in [3.8, 4) is 22.3 Å². The number of benzene rings is 5. The van der Waals surface area contributed by atoms with Gasteiger partial charge in [0, 0.05) is 16.8 Å². The van der Waals surface area contributed by atoms with Crippen LogP contribution < -0.4 is 5.32 Å². The average Bonchev–Trinajstić information content (AvgIpc) is 3.07. The minimum absolute atomic E-state index is 0.0802. The van der Waals surface area contributed by atoms with Gasteiger partial charge in [0.05, 0.1) is 0 Å². The highest BCUT2D eigenvalue weighted by atomic mass is 14.9. The van der Waals surface area contributed by atoms with E-state index in [0.717, 1.165) is 11.4 Å². The number of hydrogen-bond acceptors (Lipinski definition) is 1. The van der Waals surface area contributed by atoms with E-state index in [1.165, 1.54) is 49.7 Å². The summed E-state index contributed by atoms with van der Waals surface area (Å²) in [6.07, 6.45) is 0. The summed E-state index contributed by atoms with van der Waals surface area (Å²) in [4.78, 5) is 0. The molecule has 6 rings (SSSR count). The van der Waals surface area contributed by atoms with Gasteiger partial charge >= 0.3 is 0 Å². The van der Waals surface area contributed by atoms with E-state index < -0.39 is 0 Å². The van der Waals surface area contributed by atoms with Crippen molar-refractivity contribution in [2.45, 2.75) is 26.2 Å². The molecule has 160 valence electrons. The fraction of sp³-hybridized carbons (Fsp3) is 0.125. The van der Waals surface area contributed by atoms with E-state index in [4.69, 9.17) is 0 Å². The lowest BCUT2D eigenvalue weighted by Crippen LogP contribution is -2.15. The molecule has 33 heavy (non-hydrogen) atoms. The summed E-state index contributed by atoms with van der Waals surface area (Å²) in [5.74, 6) is 0. The summed E-state index contributed by atoms with van der Waals surface area (Å²) in [5, 5.41) is 6.25. The Labute approximate surface area is 195 Å². The highest BCUT2D eigenvalue weighted by Crippen LogP contribution is 2.53. The smallest absolute Gasteiger partial charge is 0.0387 e. The molecule has 0 aromatic heterocycles. The summed E-state index contributed by atoms with van der Waals surface area (Å²) in [6, 6.07) is 37.5. The zero-order valence-corrected chi connectivity index (χ0v) is 19.3. The van der Waals surface area contributed by atoms with Crippen molar-refractivity contribution >= 4 is 22.1 Å². The standard InChI is InChI=1S/C32H27N/c1-21-13-15-23(16-14-21)33-24-17-18-27-29(19-24)32(2,3)30-20-28(22-9-5-4-6-10-22)25-11-7-8-12-26(25)31(27)30/h4-20,33H,1-3H3. The van der Waals surface area contributed by atoms with Gasteiger partial charge in [-0.1, -0.05) is 92.2 Å². The highest BCUT2D eigenvalue weighted by molar-refractivity contribution is 6.09. The van der Waals surface area contributed by atoms with Gasteiger partial charge in [-0.3, -0.25) is 0 Å². The third-order valence-corrected chi connectivity index (χ3v) is 7.11. The van der Waals surface area contributed by atoms with Gasteiger partial charge in [0.2, 0.25) is 0 Å². The number of rotatable bonds is 3. The van der Waals surface area contributed by atoms with Crippen LogP contribution in [0.4, 0.5) is 11.4 Å². The van der Waals surface area contributed by atoms with Crippen LogP contribution in [0, 0.1) is 6.92 Å². The Hall–Kier alpha value is -3.84. The molecule has 5 aromatic carbocycles. The summed E-state index contributed by atoms with van der Waals surface area (Å²) < 4.78 is 0. The van der Waals surface area contributed by atoms with E-state index in [-0.39, 0.29) is 5.41 Å². The van der Waals surface area contributed by atoms with Crippen LogP contribution in [-0.2, 0) is 5.41 Å². The van der Waals surface area contributed by atoms with Gasteiger partial charge in [0.15, 0.2) is 0 Å². The van der Waals surface area contributed by atoms with Gasteiger partial charge in [-0.05, 0) is 81.4 Å². The molecule has 1 nitrogen and oxygen atoms in total. The third-order valence-electron chi connectivity index (χ3n) is 7.11. The maximum atomic E-state index is 3.60. The molecule has 0 amide bonds. The van der Waals surface area contributed by atoms with Crippen LogP contribution in [0.5, 0.6) is 0 Å². The number of aryl methyl sites for hydroxylation is 1. The Bertz CT molecular complexity index is 1490. The summed E-state index contributed by atoms with van der Waals surface area (Å²) in [5.41, 5.74) is 11.5. The van der Waals surface area contributed by atoms with Gasteiger partial charge in [-0.25, -0.2) is 0 Å². The van der Waals surface area contributed by atoms with E-state index in [1.54, 1.807) is 0 Å². The van der Waals surface area contributed by atoms with Crippen LogP contribution in [0.15, 0.2) is 103 Å². The maximum Gasteiger partial charge on any atom is 0.0387 e. The molecule has 1 N–H and O–H groups in total. The Morgan fingerprint density at radius 3 is 2.00 bits per heavy atom. The van der Waals surface area contributed by atoms with Crippen LogP contribution in [0.1, 0.15) is 30.5 Å². The lowest BCUT2D eigenvalue weighted by atomic mass is 9.80. The Morgan fingerprint density at radius 1 is 0.576 bits per heavy atom. The molecule has 0 fully saturated rings. The topological polar surface area (TPSA) is 12.0 Å². The second-order valence-corrected chi connectivity index (χ2v) is 9.63. The molecular weight excluding hydrogens is 398 g/mol. The quantitative estimate of drug-likeness (QED) is 0.304. The minimum Gasteiger partial charge on any atom is -0.356 e. The number of hydrogen-bond donors (Lipinski definition) is 1. The number of fused-ring (bicyclic) bond motifs is 5. The van der Waals surface area contributed by atoms with Crippen molar-refractivity contribution in [2.75, 3.05) is 5.32 Å². The van der Waals surface area contributed by atoms with E-state index in [9.17, 15) is 0 Å². The molecule has 1 heteroatoms. The van der Waals surface area contributed by atoms with Gasteiger partial charge in [-0.2, -0.15) is 0 Å². The van der Waals surface area contributed by atoms with E-state index in [2.05, 4.69) is 129 Å². The molecule has 0 saturated heterocycles. The Balaban J connectivity index is 1.54. The van der Waals surface area contributed by atoms with E-state index in [0.29, 0.717) is 0 Å².